The molecule has 0 spiro atoms. The molecular formula is C6H12N4O2S. The lowest BCUT2D eigenvalue weighted by atomic mass is 10.7. The maximum atomic E-state index is 11.6. The summed E-state index contributed by atoms with van der Waals surface area (Å²) in [6, 6.07) is 0. The van der Waals surface area contributed by atoms with Crippen molar-refractivity contribution in [3.05, 3.63) is 6.20 Å². The van der Waals surface area contributed by atoms with Crippen LogP contribution in [0.4, 0.5) is 5.82 Å². The van der Waals surface area contributed by atoms with Crippen LogP contribution in [0.15, 0.2) is 11.1 Å². The van der Waals surface area contributed by atoms with Crippen molar-refractivity contribution in [2.45, 2.75) is 11.8 Å². The quantitative estimate of drug-likeness (QED) is 0.702. The minimum absolute atomic E-state index is 0.0249. The van der Waals surface area contributed by atoms with Gasteiger partial charge in [-0.15, -0.1) is 0 Å². The van der Waals surface area contributed by atoms with E-state index in [4.69, 9.17) is 5.73 Å². The number of nitrogens with two attached hydrogens (primary N) is 1. The molecule has 1 aromatic heterocycles. The van der Waals surface area contributed by atoms with Crippen molar-refractivity contribution in [2.75, 3.05) is 19.3 Å². The van der Waals surface area contributed by atoms with Gasteiger partial charge in [0.25, 0.3) is 0 Å². The van der Waals surface area contributed by atoms with Gasteiger partial charge < -0.3 is 5.73 Å². The molecule has 7 heteroatoms. The maximum Gasteiger partial charge on any atom is 0.248 e. The smallest absolute Gasteiger partial charge is 0.248 e. The summed E-state index contributed by atoms with van der Waals surface area (Å²) in [6.45, 7) is 2.14. The van der Waals surface area contributed by atoms with Crippen molar-refractivity contribution in [1.29, 1.82) is 0 Å². The molecule has 0 bridgehead atoms. The molecular weight excluding hydrogens is 192 g/mol. The van der Waals surface area contributed by atoms with Crippen molar-refractivity contribution < 1.29 is 8.42 Å². The second kappa shape index (κ2) is 3.35. The minimum atomic E-state index is -3.46. The molecule has 0 aliphatic rings. The van der Waals surface area contributed by atoms with Crippen LogP contribution in [-0.2, 0) is 10.0 Å². The molecule has 74 valence electrons. The number of aromatic amines is 1. The van der Waals surface area contributed by atoms with Crippen molar-refractivity contribution in [2.24, 2.45) is 0 Å². The number of H-pyrrole nitrogens is 1. The summed E-state index contributed by atoms with van der Waals surface area (Å²) in [5.74, 6) is 0.0697. The van der Waals surface area contributed by atoms with Gasteiger partial charge in [0.1, 0.15) is 10.7 Å². The monoisotopic (exact) mass is 204 g/mol. The van der Waals surface area contributed by atoms with Gasteiger partial charge >= 0.3 is 0 Å². The summed E-state index contributed by atoms with van der Waals surface area (Å²) < 4.78 is 24.5. The molecule has 0 amide bonds. The number of rotatable bonds is 3. The molecule has 0 aliphatic heterocycles. The summed E-state index contributed by atoms with van der Waals surface area (Å²) in [4.78, 5) is 0.0249. The highest BCUT2D eigenvalue weighted by atomic mass is 32.2. The summed E-state index contributed by atoms with van der Waals surface area (Å²) in [7, 11) is -1.97. The average molecular weight is 204 g/mol. The Bertz CT molecular complexity index is 383. The van der Waals surface area contributed by atoms with Crippen LogP contribution >= 0.6 is 0 Å². The van der Waals surface area contributed by atoms with E-state index in [1.807, 2.05) is 0 Å². The van der Waals surface area contributed by atoms with Crippen LogP contribution in [-0.4, -0.2) is 36.5 Å². The third kappa shape index (κ3) is 1.65. The van der Waals surface area contributed by atoms with Gasteiger partial charge in [-0.05, 0) is 0 Å². The van der Waals surface area contributed by atoms with Gasteiger partial charge in [-0.25, -0.2) is 12.7 Å². The Morgan fingerprint density at radius 2 is 2.31 bits per heavy atom. The number of sulfonamides is 1. The molecule has 0 unspecified atom stereocenters. The van der Waals surface area contributed by atoms with Gasteiger partial charge in [0.05, 0.1) is 6.20 Å². The average Bonchev–Trinajstić information content (AvgIpc) is 2.50. The Morgan fingerprint density at radius 3 is 2.69 bits per heavy atom. The molecule has 6 nitrogen and oxygen atoms in total. The zero-order valence-corrected chi connectivity index (χ0v) is 8.30. The highest BCUT2D eigenvalue weighted by molar-refractivity contribution is 7.89. The van der Waals surface area contributed by atoms with Crippen LogP contribution in [0, 0.1) is 0 Å². The van der Waals surface area contributed by atoms with E-state index in [-0.39, 0.29) is 10.7 Å². The number of hydrogen-bond donors (Lipinski definition) is 2. The highest BCUT2D eigenvalue weighted by Gasteiger charge is 2.23. The lowest BCUT2D eigenvalue weighted by molar-refractivity contribution is 0.487. The molecule has 0 atom stereocenters. The lowest BCUT2D eigenvalue weighted by Gasteiger charge is -2.13. The summed E-state index contributed by atoms with van der Waals surface area (Å²) in [6.07, 6.45) is 1.21. The van der Waals surface area contributed by atoms with Crippen LogP contribution in [0.1, 0.15) is 6.92 Å². The number of nitrogens with zero attached hydrogens (tertiary/aromatic N) is 2. The highest BCUT2D eigenvalue weighted by Crippen LogP contribution is 2.17. The molecule has 0 fully saturated rings. The predicted molar refractivity (Wildman–Crippen MR) is 48.5 cm³/mol. The summed E-state index contributed by atoms with van der Waals surface area (Å²) in [5.41, 5.74) is 5.40. The molecule has 13 heavy (non-hydrogen) atoms. The fourth-order valence-electron chi connectivity index (χ4n) is 0.828. The Morgan fingerprint density at radius 1 is 1.69 bits per heavy atom. The molecule has 0 aromatic carbocycles. The summed E-state index contributed by atoms with van der Waals surface area (Å²) >= 11 is 0. The van der Waals surface area contributed by atoms with E-state index in [9.17, 15) is 8.42 Å². The number of anilines is 1. The van der Waals surface area contributed by atoms with E-state index in [2.05, 4.69) is 10.2 Å². The van der Waals surface area contributed by atoms with Crippen LogP contribution in [0.3, 0.4) is 0 Å². The zero-order valence-electron chi connectivity index (χ0n) is 7.48. The number of nitrogens with one attached hydrogen (secondary N) is 1. The van der Waals surface area contributed by atoms with E-state index in [1.165, 1.54) is 17.5 Å². The predicted octanol–water partition coefficient (Wildman–Crippen LogP) is -0.368. The Hall–Kier alpha value is -1.08. The first-order valence-corrected chi connectivity index (χ1v) is 5.19. The molecule has 0 radical (unpaired) electrons. The van der Waals surface area contributed by atoms with Crippen LogP contribution in [0.25, 0.3) is 0 Å². The van der Waals surface area contributed by atoms with E-state index < -0.39 is 10.0 Å². The van der Waals surface area contributed by atoms with Crippen molar-refractivity contribution >= 4 is 15.8 Å². The van der Waals surface area contributed by atoms with Crippen molar-refractivity contribution in [1.82, 2.24) is 14.5 Å². The SMILES string of the molecule is CCN(C)S(=O)(=O)c1cn[nH]c1N. The first-order chi connectivity index (χ1) is 6.00. The van der Waals surface area contributed by atoms with Gasteiger partial charge in [0, 0.05) is 13.6 Å². The van der Waals surface area contributed by atoms with Crippen LogP contribution in [0.5, 0.6) is 0 Å². The van der Waals surface area contributed by atoms with E-state index in [0.29, 0.717) is 6.54 Å². The van der Waals surface area contributed by atoms with Crippen LogP contribution in [0.2, 0.25) is 0 Å². The maximum absolute atomic E-state index is 11.6. The fraction of sp³-hybridized carbons (Fsp3) is 0.500. The van der Waals surface area contributed by atoms with E-state index in [1.54, 1.807) is 6.92 Å². The first kappa shape index (κ1) is 10.0. The molecule has 0 saturated carbocycles. The van der Waals surface area contributed by atoms with E-state index in [0.717, 1.165) is 0 Å². The normalized spacial score (nSPS) is 12.2. The molecule has 1 rings (SSSR count). The summed E-state index contributed by atoms with van der Waals surface area (Å²) in [5, 5.41) is 5.92. The zero-order chi connectivity index (χ0) is 10.1. The van der Waals surface area contributed by atoms with Crippen molar-refractivity contribution in [3.63, 3.8) is 0 Å². The van der Waals surface area contributed by atoms with E-state index >= 15 is 0 Å². The largest absolute Gasteiger partial charge is 0.383 e. The number of nitrogen functional groups attached to an aromatic ring is 1. The molecule has 1 heterocycles. The fourth-order valence-corrected chi connectivity index (χ4v) is 2.01. The Balaban J connectivity index is 3.16. The third-order valence-electron chi connectivity index (χ3n) is 1.77. The minimum Gasteiger partial charge on any atom is -0.383 e. The van der Waals surface area contributed by atoms with Crippen molar-refractivity contribution in [3.8, 4) is 0 Å². The van der Waals surface area contributed by atoms with Gasteiger partial charge in [0.2, 0.25) is 10.0 Å². The van der Waals surface area contributed by atoms with Gasteiger partial charge in [-0.1, -0.05) is 6.92 Å². The topological polar surface area (TPSA) is 92.1 Å². The molecule has 0 saturated heterocycles. The van der Waals surface area contributed by atoms with Crippen LogP contribution < -0.4 is 5.73 Å². The van der Waals surface area contributed by atoms with Gasteiger partial charge in [-0.2, -0.15) is 5.10 Å². The lowest BCUT2D eigenvalue weighted by Crippen LogP contribution is -2.26. The van der Waals surface area contributed by atoms with Gasteiger partial charge in [-0.3, -0.25) is 5.10 Å². The standard InChI is InChI=1S/C6H12N4O2S/c1-3-10(2)13(11,12)5-4-8-9-6(5)7/h4H,3H2,1-2H3,(H3,7,8,9). The Kier molecular flexibility index (Phi) is 2.58. The molecule has 0 aliphatic carbocycles. The molecule has 1 aromatic rings. The second-order valence-electron chi connectivity index (χ2n) is 2.57. The second-order valence-corrected chi connectivity index (χ2v) is 4.58. The number of hydrogen-bond acceptors (Lipinski definition) is 4. The first-order valence-electron chi connectivity index (χ1n) is 3.75. The third-order valence-corrected chi connectivity index (χ3v) is 3.73. The molecule has 3 N–H and O–H groups in total. The van der Waals surface area contributed by atoms with Gasteiger partial charge in [0.15, 0.2) is 0 Å². The number of aromatic nitrogens is 2. The Labute approximate surface area is 76.8 Å².